The van der Waals surface area contributed by atoms with Gasteiger partial charge in [0.25, 0.3) is 11.1 Å². The summed E-state index contributed by atoms with van der Waals surface area (Å²) in [5.41, 5.74) is 5.56. The number of nitrogens with one attached hydrogen (secondary N) is 2. The van der Waals surface area contributed by atoms with Crippen LogP contribution < -0.4 is 10.9 Å². The van der Waals surface area contributed by atoms with Gasteiger partial charge in [-0.2, -0.15) is 0 Å². The molecule has 0 fully saturated rings. The molecule has 0 saturated carbocycles. The van der Waals surface area contributed by atoms with Gasteiger partial charge in [0, 0.05) is 0 Å². The Balaban J connectivity index is 1.51. The molecule has 3 rings (SSSR count). The molecule has 24 heavy (non-hydrogen) atoms. The van der Waals surface area contributed by atoms with Gasteiger partial charge in [0.05, 0.1) is 11.3 Å². The highest BCUT2D eigenvalue weighted by Crippen LogP contribution is 2.22. The topological polar surface area (TPSA) is 84.2 Å². The van der Waals surface area contributed by atoms with Crippen molar-refractivity contribution in [1.82, 2.24) is 15.8 Å². The van der Waals surface area contributed by atoms with Gasteiger partial charge in [0.15, 0.2) is 5.58 Å². The van der Waals surface area contributed by atoms with Gasteiger partial charge in [-0.25, -0.2) is 9.37 Å². The van der Waals surface area contributed by atoms with Crippen molar-refractivity contribution in [2.45, 2.75) is 5.22 Å². The van der Waals surface area contributed by atoms with Gasteiger partial charge >= 0.3 is 0 Å². The lowest BCUT2D eigenvalue weighted by molar-refractivity contribution is -0.119. The number of amides is 2. The van der Waals surface area contributed by atoms with E-state index in [1.165, 1.54) is 24.3 Å². The summed E-state index contributed by atoms with van der Waals surface area (Å²) >= 11 is 1.09. The predicted octanol–water partition coefficient (Wildman–Crippen LogP) is 2.52. The second kappa shape index (κ2) is 7.14. The van der Waals surface area contributed by atoms with Crippen LogP contribution in [-0.2, 0) is 4.79 Å². The molecule has 122 valence electrons. The van der Waals surface area contributed by atoms with Gasteiger partial charge in [0.2, 0.25) is 5.91 Å². The fourth-order valence-electron chi connectivity index (χ4n) is 1.92. The summed E-state index contributed by atoms with van der Waals surface area (Å²) in [6.45, 7) is 0. The van der Waals surface area contributed by atoms with Crippen molar-refractivity contribution in [3.8, 4) is 0 Å². The third-order valence-electron chi connectivity index (χ3n) is 3.03. The van der Waals surface area contributed by atoms with E-state index in [0.717, 1.165) is 11.8 Å². The van der Waals surface area contributed by atoms with Crippen LogP contribution in [0, 0.1) is 5.82 Å². The Hall–Kier alpha value is -2.87. The summed E-state index contributed by atoms with van der Waals surface area (Å²) in [4.78, 5) is 27.7. The standard InChI is InChI=1S/C16H12FN3O3S/c17-11-6-2-1-5-10(11)15(22)20-19-14(21)9-24-16-18-12-7-3-4-8-13(12)23-16/h1-8H,9H2,(H,19,21)(H,20,22). The first-order valence-corrected chi connectivity index (χ1v) is 7.94. The fourth-order valence-corrected chi connectivity index (χ4v) is 2.55. The highest BCUT2D eigenvalue weighted by molar-refractivity contribution is 7.99. The van der Waals surface area contributed by atoms with Crippen molar-refractivity contribution in [3.05, 3.63) is 59.9 Å². The van der Waals surface area contributed by atoms with Crippen LogP contribution in [0.1, 0.15) is 10.4 Å². The first-order chi connectivity index (χ1) is 11.6. The van der Waals surface area contributed by atoms with Gasteiger partial charge in [-0.15, -0.1) is 0 Å². The van der Waals surface area contributed by atoms with E-state index in [2.05, 4.69) is 15.8 Å². The first kappa shape index (κ1) is 16.0. The Morgan fingerprint density at radius 3 is 2.62 bits per heavy atom. The second-order valence-corrected chi connectivity index (χ2v) is 5.64. The van der Waals surface area contributed by atoms with Crippen LogP contribution in [0.15, 0.2) is 58.2 Å². The maximum absolute atomic E-state index is 13.4. The maximum atomic E-state index is 13.4. The molecule has 0 radical (unpaired) electrons. The number of thioether (sulfide) groups is 1. The number of rotatable bonds is 4. The van der Waals surface area contributed by atoms with E-state index >= 15 is 0 Å². The molecule has 0 spiro atoms. The van der Waals surface area contributed by atoms with E-state index in [0.29, 0.717) is 16.3 Å². The molecule has 3 aromatic rings. The number of oxazole rings is 1. The average molecular weight is 345 g/mol. The van der Waals surface area contributed by atoms with Crippen molar-refractivity contribution in [3.63, 3.8) is 0 Å². The molecule has 2 amide bonds. The molecule has 0 aliphatic carbocycles. The third kappa shape index (κ3) is 3.72. The van der Waals surface area contributed by atoms with Gasteiger partial charge < -0.3 is 4.42 Å². The Morgan fingerprint density at radius 2 is 1.83 bits per heavy atom. The molecule has 1 heterocycles. The van der Waals surface area contributed by atoms with Crippen LogP contribution in [-0.4, -0.2) is 22.6 Å². The van der Waals surface area contributed by atoms with E-state index in [1.54, 1.807) is 12.1 Å². The zero-order valence-corrected chi connectivity index (χ0v) is 13.1. The van der Waals surface area contributed by atoms with Crippen molar-refractivity contribution < 1.29 is 18.4 Å². The molecular formula is C16H12FN3O3S. The zero-order valence-electron chi connectivity index (χ0n) is 12.3. The Kier molecular flexibility index (Phi) is 4.76. The first-order valence-electron chi connectivity index (χ1n) is 6.95. The molecule has 2 aromatic carbocycles. The quantitative estimate of drug-likeness (QED) is 0.561. The number of hydrogen-bond acceptors (Lipinski definition) is 5. The van der Waals surface area contributed by atoms with Crippen LogP contribution in [0.2, 0.25) is 0 Å². The number of halogens is 1. The maximum Gasteiger partial charge on any atom is 0.272 e. The van der Waals surface area contributed by atoms with Crippen LogP contribution >= 0.6 is 11.8 Å². The number of hydrazine groups is 1. The van der Waals surface area contributed by atoms with Gasteiger partial charge in [0.1, 0.15) is 11.3 Å². The smallest absolute Gasteiger partial charge is 0.272 e. The SMILES string of the molecule is O=C(CSc1nc2ccccc2o1)NNC(=O)c1ccccc1F. The number of aromatic nitrogens is 1. The average Bonchev–Trinajstić information content (AvgIpc) is 3.01. The predicted molar refractivity (Wildman–Crippen MR) is 86.7 cm³/mol. The van der Waals surface area contributed by atoms with Crippen LogP contribution in [0.4, 0.5) is 4.39 Å². The van der Waals surface area contributed by atoms with Crippen molar-refractivity contribution in [1.29, 1.82) is 0 Å². The Labute approximate surface area is 140 Å². The lowest BCUT2D eigenvalue weighted by Gasteiger charge is -2.07. The largest absolute Gasteiger partial charge is 0.431 e. The van der Waals surface area contributed by atoms with E-state index in [1.807, 2.05) is 12.1 Å². The molecule has 0 atom stereocenters. The third-order valence-corrected chi connectivity index (χ3v) is 3.86. The summed E-state index contributed by atoms with van der Waals surface area (Å²) in [6.07, 6.45) is 0. The number of hydrogen-bond donors (Lipinski definition) is 2. The van der Waals surface area contributed by atoms with Crippen LogP contribution in [0.3, 0.4) is 0 Å². The molecule has 8 heteroatoms. The van der Waals surface area contributed by atoms with Crippen molar-refractivity contribution in [2.24, 2.45) is 0 Å². The number of fused-ring (bicyclic) bond motifs is 1. The van der Waals surface area contributed by atoms with Crippen molar-refractivity contribution in [2.75, 3.05) is 5.75 Å². The lowest BCUT2D eigenvalue weighted by atomic mass is 10.2. The molecule has 2 N–H and O–H groups in total. The van der Waals surface area contributed by atoms with Gasteiger partial charge in [-0.05, 0) is 24.3 Å². The fraction of sp³-hybridized carbons (Fsp3) is 0.0625. The van der Waals surface area contributed by atoms with E-state index < -0.39 is 17.6 Å². The molecule has 0 unspecified atom stereocenters. The summed E-state index contributed by atoms with van der Waals surface area (Å²) in [7, 11) is 0. The monoisotopic (exact) mass is 345 g/mol. The number of para-hydroxylation sites is 2. The number of carbonyl (C=O) groups is 2. The number of nitrogens with zero attached hydrogens (tertiary/aromatic N) is 1. The Morgan fingerprint density at radius 1 is 1.08 bits per heavy atom. The molecule has 0 bridgehead atoms. The van der Waals surface area contributed by atoms with Gasteiger partial charge in [-0.3, -0.25) is 20.4 Å². The summed E-state index contributed by atoms with van der Waals surface area (Å²) < 4.78 is 18.9. The highest BCUT2D eigenvalue weighted by Gasteiger charge is 2.13. The van der Waals surface area contributed by atoms with Gasteiger partial charge in [-0.1, -0.05) is 36.0 Å². The van der Waals surface area contributed by atoms with E-state index in [9.17, 15) is 14.0 Å². The molecular weight excluding hydrogens is 333 g/mol. The summed E-state index contributed by atoms with van der Waals surface area (Å²) in [5, 5.41) is 0.354. The Bertz CT molecular complexity index is 864. The molecule has 0 aliphatic rings. The molecule has 0 aliphatic heterocycles. The molecule has 6 nitrogen and oxygen atoms in total. The lowest BCUT2D eigenvalue weighted by Crippen LogP contribution is -2.42. The minimum atomic E-state index is -0.728. The normalized spacial score (nSPS) is 10.5. The molecule has 0 saturated heterocycles. The highest BCUT2D eigenvalue weighted by atomic mass is 32.2. The van der Waals surface area contributed by atoms with Crippen molar-refractivity contribution >= 4 is 34.7 Å². The second-order valence-electron chi connectivity index (χ2n) is 4.72. The van der Waals surface area contributed by atoms with Crippen LogP contribution in [0.5, 0.6) is 0 Å². The minimum absolute atomic E-state index is 0.00955. The zero-order chi connectivity index (χ0) is 16.9. The minimum Gasteiger partial charge on any atom is -0.431 e. The molecule has 1 aromatic heterocycles. The summed E-state index contributed by atoms with van der Waals surface area (Å²) in [6, 6.07) is 12.7. The van der Waals surface area contributed by atoms with Crippen LogP contribution in [0.25, 0.3) is 11.1 Å². The van der Waals surface area contributed by atoms with E-state index in [4.69, 9.17) is 4.42 Å². The van der Waals surface area contributed by atoms with E-state index in [-0.39, 0.29) is 11.3 Å². The number of carbonyl (C=O) groups excluding carboxylic acids is 2. The number of benzene rings is 2. The summed E-state index contributed by atoms with van der Waals surface area (Å²) in [5.74, 6) is -1.87.